The van der Waals surface area contributed by atoms with Gasteiger partial charge in [0.15, 0.2) is 5.78 Å². The molecular formula is C27H32O8S2. The third kappa shape index (κ3) is 2.90. The second kappa shape index (κ2) is 7.00. The van der Waals surface area contributed by atoms with E-state index in [9.17, 15) is 35.5 Å². The minimum Gasteiger partial charge on any atom is -0.298 e. The van der Waals surface area contributed by atoms with E-state index >= 15 is 0 Å². The minimum absolute atomic E-state index is 0.0403. The van der Waals surface area contributed by atoms with Crippen molar-refractivity contribution in [1.82, 2.24) is 0 Å². The Morgan fingerprint density at radius 1 is 0.892 bits per heavy atom. The van der Waals surface area contributed by atoms with Gasteiger partial charge in [0.05, 0.1) is 22.3 Å². The number of carbonyl (C=O) groups excluding carboxylic acids is 2. The summed E-state index contributed by atoms with van der Waals surface area (Å²) in [5.41, 5.74) is -1.29. The molecule has 6 unspecified atom stereocenters. The third-order valence-electron chi connectivity index (χ3n) is 11.5. The van der Waals surface area contributed by atoms with Gasteiger partial charge in [-0.1, -0.05) is 45.0 Å². The molecule has 2 bridgehead atoms. The maximum atomic E-state index is 13.4. The molecule has 1 aromatic rings. The number of hydrogen-bond donors (Lipinski definition) is 2. The molecule has 6 rings (SSSR count). The van der Waals surface area contributed by atoms with E-state index < -0.39 is 58.8 Å². The van der Waals surface area contributed by atoms with Crippen LogP contribution >= 0.6 is 0 Å². The second-order valence-electron chi connectivity index (χ2n) is 12.9. The van der Waals surface area contributed by atoms with Crippen LogP contribution in [-0.2, 0) is 36.2 Å². The lowest BCUT2D eigenvalue weighted by atomic mass is 9.51. The van der Waals surface area contributed by atoms with E-state index in [4.69, 9.17) is 0 Å². The molecule has 0 radical (unpaired) electrons. The fraction of sp³-hybridized carbons (Fsp3) is 0.630. The van der Waals surface area contributed by atoms with Crippen molar-refractivity contribution in [3.8, 4) is 0 Å². The van der Waals surface area contributed by atoms with Crippen molar-refractivity contribution in [1.29, 1.82) is 0 Å². The zero-order valence-corrected chi connectivity index (χ0v) is 22.8. The van der Waals surface area contributed by atoms with Crippen molar-refractivity contribution >= 4 is 37.9 Å². The van der Waals surface area contributed by atoms with Crippen molar-refractivity contribution in [3.63, 3.8) is 0 Å². The standard InChI is InChI=1S/C27H32O8S2/c1-23(2)19-8-10-25(23,14-36(30,31)32)21(28)18(19)12-16-4-6-17(7-5-16)13-27-20-9-11-26(22(27)29,24(20,27)3)15-37(33,34)35/h4-7,12,19-20H,8-11,13-15H2,1-3H3,(H,30,31,32)(H,33,34,35)/b18-12+. The number of carbonyl (C=O) groups is 2. The van der Waals surface area contributed by atoms with Crippen LogP contribution in [0.15, 0.2) is 29.8 Å². The van der Waals surface area contributed by atoms with Crippen LogP contribution in [0.1, 0.15) is 57.6 Å². The highest BCUT2D eigenvalue weighted by atomic mass is 32.2. The van der Waals surface area contributed by atoms with Crippen LogP contribution < -0.4 is 0 Å². The van der Waals surface area contributed by atoms with Crippen molar-refractivity contribution in [2.24, 2.45) is 38.9 Å². The highest BCUT2D eigenvalue weighted by Crippen LogP contribution is 2.93. The first-order valence-corrected chi connectivity index (χ1v) is 16.0. The molecular weight excluding hydrogens is 516 g/mol. The Morgan fingerprint density at radius 2 is 1.46 bits per heavy atom. The quantitative estimate of drug-likeness (QED) is 0.390. The Labute approximate surface area is 217 Å². The number of benzene rings is 1. The summed E-state index contributed by atoms with van der Waals surface area (Å²) in [6.45, 7) is 5.80. The van der Waals surface area contributed by atoms with Crippen LogP contribution in [-0.4, -0.2) is 49.0 Å². The molecule has 2 N–H and O–H groups in total. The summed E-state index contributed by atoms with van der Waals surface area (Å²) in [7, 11) is -8.57. The first kappa shape index (κ1) is 25.4. The van der Waals surface area contributed by atoms with Crippen LogP contribution in [0, 0.1) is 38.9 Å². The summed E-state index contributed by atoms with van der Waals surface area (Å²) < 4.78 is 65.8. The molecule has 0 aromatic heterocycles. The van der Waals surface area contributed by atoms with Gasteiger partial charge in [-0.3, -0.25) is 18.7 Å². The SMILES string of the molecule is CC1(C)C2CCC1(CS(=O)(=O)O)C(=O)/C2=C/c1ccc(CC23C(=O)C4(CS(=O)(=O)O)CCC2C43C)cc1. The fourth-order valence-corrected chi connectivity index (χ4v) is 12.1. The second-order valence-corrected chi connectivity index (χ2v) is 15.8. The first-order chi connectivity index (χ1) is 17.0. The Morgan fingerprint density at radius 3 is 2.03 bits per heavy atom. The first-order valence-electron chi connectivity index (χ1n) is 12.8. The number of Topliss-reactive ketones (excluding diaryl/α,β-unsaturated/α-hetero) is 2. The predicted octanol–water partition coefficient (Wildman–Crippen LogP) is 3.38. The van der Waals surface area contributed by atoms with Crippen LogP contribution in [0.4, 0.5) is 0 Å². The van der Waals surface area contributed by atoms with E-state index in [1.165, 1.54) is 0 Å². The molecule has 0 saturated heterocycles. The van der Waals surface area contributed by atoms with E-state index in [1.807, 2.05) is 51.1 Å². The van der Waals surface area contributed by atoms with E-state index in [0.29, 0.717) is 31.3 Å². The van der Waals surface area contributed by atoms with Gasteiger partial charge < -0.3 is 0 Å². The van der Waals surface area contributed by atoms with Gasteiger partial charge >= 0.3 is 0 Å². The van der Waals surface area contributed by atoms with Crippen LogP contribution in [0.3, 0.4) is 0 Å². The largest absolute Gasteiger partial charge is 0.298 e. The van der Waals surface area contributed by atoms with Gasteiger partial charge in [0.2, 0.25) is 0 Å². The van der Waals surface area contributed by atoms with Crippen molar-refractivity contribution in [2.45, 2.75) is 52.9 Å². The molecule has 6 atom stereocenters. The lowest BCUT2D eigenvalue weighted by Gasteiger charge is -2.51. The van der Waals surface area contributed by atoms with Gasteiger partial charge in [-0.15, -0.1) is 0 Å². The molecule has 5 saturated carbocycles. The van der Waals surface area contributed by atoms with E-state index in [1.54, 1.807) is 0 Å². The van der Waals surface area contributed by atoms with Gasteiger partial charge in [0.1, 0.15) is 5.78 Å². The molecule has 10 heteroatoms. The Bertz CT molecular complexity index is 1510. The number of ketones is 2. The minimum atomic E-state index is -4.32. The highest BCUT2D eigenvalue weighted by Gasteiger charge is 2.97. The summed E-state index contributed by atoms with van der Waals surface area (Å²) in [5.74, 6) is -1.26. The van der Waals surface area contributed by atoms with Crippen LogP contribution in [0.25, 0.3) is 6.08 Å². The van der Waals surface area contributed by atoms with Gasteiger partial charge in [-0.2, -0.15) is 16.8 Å². The Hall–Kier alpha value is -1.88. The molecule has 0 spiro atoms. The number of fused-ring (bicyclic) bond motifs is 3. The van der Waals surface area contributed by atoms with Crippen molar-refractivity contribution < 1.29 is 35.5 Å². The normalized spacial score (nSPS) is 42.2. The van der Waals surface area contributed by atoms with E-state index in [-0.39, 0.29) is 23.4 Å². The van der Waals surface area contributed by atoms with E-state index in [2.05, 4.69) is 0 Å². The van der Waals surface area contributed by atoms with Gasteiger partial charge in [-0.25, -0.2) is 0 Å². The molecule has 5 aliphatic carbocycles. The lowest BCUT2D eigenvalue weighted by Crippen LogP contribution is -2.60. The van der Waals surface area contributed by atoms with Crippen LogP contribution in [0.5, 0.6) is 0 Å². The van der Waals surface area contributed by atoms with Crippen molar-refractivity contribution in [3.05, 3.63) is 41.0 Å². The summed E-state index contributed by atoms with van der Waals surface area (Å²) in [5, 5.41) is 0. The maximum absolute atomic E-state index is 13.4. The maximum Gasteiger partial charge on any atom is 0.265 e. The molecule has 0 heterocycles. The molecule has 200 valence electrons. The highest BCUT2D eigenvalue weighted by molar-refractivity contribution is 7.86. The predicted molar refractivity (Wildman–Crippen MR) is 136 cm³/mol. The number of rotatable bonds is 7. The van der Waals surface area contributed by atoms with Gasteiger partial charge in [0, 0.05) is 11.0 Å². The summed E-state index contributed by atoms with van der Waals surface area (Å²) in [6, 6.07) is 7.61. The molecule has 0 aliphatic heterocycles. The number of allylic oxidation sites excluding steroid dienone is 1. The molecule has 1 aromatic carbocycles. The Kier molecular flexibility index (Phi) is 4.81. The third-order valence-corrected chi connectivity index (χ3v) is 13.2. The Balaban J connectivity index is 1.24. The smallest absolute Gasteiger partial charge is 0.265 e. The molecule has 37 heavy (non-hydrogen) atoms. The zero-order chi connectivity index (χ0) is 27.0. The molecule has 5 aliphatic rings. The van der Waals surface area contributed by atoms with Crippen LogP contribution in [0.2, 0.25) is 0 Å². The zero-order valence-electron chi connectivity index (χ0n) is 21.2. The summed E-state index contributed by atoms with van der Waals surface area (Å²) in [6.07, 6.45) is 4.75. The van der Waals surface area contributed by atoms with Gasteiger partial charge in [0.25, 0.3) is 20.2 Å². The summed E-state index contributed by atoms with van der Waals surface area (Å²) >= 11 is 0. The van der Waals surface area contributed by atoms with Crippen molar-refractivity contribution in [2.75, 3.05) is 11.5 Å². The summed E-state index contributed by atoms with van der Waals surface area (Å²) in [4.78, 5) is 26.7. The average molecular weight is 549 g/mol. The average Bonchev–Trinajstić information content (AvgIpc) is 2.89. The van der Waals surface area contributed by atoms with E-state index in [0.717, 1.165) is 17.5 Å². The number of hydrogen-bond acceptors (Lipinski definition) is 6. The molecule has 5 fully saturated rings. The topological polar surface area (TPSA) is 143 Å². The molecule has 8 nitrogen and oxygen atoms in total. The monoisotopic (exact) mass is 548 g/mol. The fourth-order valence-electron chi connectivity index (χ4n) is 9.66. The molecule has 0 amide bonds. The van der Waals surface area contributed by atoms with Gasteiger partial charge in [-0.05, 0) is 72.0 Å². The lowest BCUT2D eigenvalue weighted by molar-refractivity contribution is -0.154.